The van der Waals surface area contributed by atoms with Crippen LogP contribution in [-0.4, -0.2) is 42.0 Å². The summed E-state index contributed by atoms with van der Waals surface area (Å²) in [4.78, 5) is 18.4. The molecule has 1 aromatic heterocycles. The fraction of sp³-hybridized carbons (Fsp3) is 0.600. The number of hydrogen-bond donors (Lipinski definition) is 1. The molecular weight excluding hydrogens is 238 g/mol. The van der Waals surface area contributed by atoms with Gasteiger partial charge in [0.15, 0.2) is 0 Å². The Morgan fingerprint density at radius 3 is 2.89 bits per heavy atom. The molecule has 2 heterocycles. The van der Waals surface area contributed by atoms with Gasteiger partial charge >= 0.3 is 0 Å². The third kappa shape index (κ3) is 4.03. The van der Waals surface area contributed by atoms with E-state index in [-0.39, 0.29) is 5.91 Å². The first kappa shape index (κ1) is 14.0. The highest BCUT2D eigenvalue weighted by atomic mass is 16.2. The van der Waals surface area contributed by atoms with Crippen molar-refractivity contribution in [3.8, 4) is 0 Å². The number of hydrogen-bond acceptors (Lipinski definition) is 3. The first-order chi connectivity index (χ1) is 9.31. The maximum Gasteiger partial charge on any atom is 0.253 e. The molecule has 1 N–H and O–H groups in total. The van der Waals surface area contributed by atoms with Gasteiger partial charge in [0.05, 0.1) is 0 Å². The van der Waals surface area contributed by atoms with Crippen LogP contribution in [0.25, 0.3) is 0 Å². The third-order valence-electron chi connectivity index (χ3n) is 3.59. The standard InChI is InChI=1S/C15H23N3O/c1-2-10-18(12-13-4-3-7-17-11-13)15(19)14-5-8-16-9-6-14/h5-6,8-9,13,17H,2-4,7,10-12H2,1H3. The zero-order chi connectivity index (χ0) is 13.5. The van der Waals surface area contributed by atoms with Crippen LogP contribution < -0.4 is 5.32 Å². The normalized spacial score (nSPS) is 19.1. The minimum absolute atomic E-state index is 0.134. The van der Waals surface area contributed by atoms with Crippen LogP contribution in [0.2, 0.25) is 0 Å². The number of carbonyl (C=O) groups is 1. The summed E-state index contributed by atoms with van der Waals surface area (Å²) in [6, 6.07) is 3.59. The molecule has 0 saturated carbocycles. The first-order valence-corrected chi connectivity index (χ1v) is 7.21. The maximum atomic E-state index is 12.5. The van der Waals surface area contributed by atoms with E-state index < -0.39 is 0 Å². The highest BCUT2D eigenvalue weighted by Gasteiger charge is 2.21. The molecule has 19 heavy (non-hydrogen) atoms. The average Bonchev–Trinajstić information content (AvgIpc) is 2.48. The molecule has 0 spiro atoms. The van der Waals surface area contributed by atoms with Crippen LogP contribution in [0.3, 0.4) is 0 Å². The van der Waals surface area contributed by atoms with Gasteiger partial charge in [0.2, 0.25) is 0 Å². The van der Waals surface area contributed by atoms with Gasteiger partial charge in [-0.2, -0.15) is 0 Å². The maximum absolute atomic E-state index is 12.5. The number of amides is 1. The van der Waals surface area contributed by atoms with Crippen molar-refractivity contribution in [2.75, 3.05) is 26.2 Å². The van der Waals surface area contributed by atoms with Gasteiger partial charge in [-0.3, -0.25) is 9.78 Å². The zero-order valence-corrected chi connectivity index (χ0v) is 11.6. The molecule has 1 aliphatic heterocycles. The Labute approximate surface area is 115 Å². The van der Waals surface area contributed by atoms with Crippen LogP contribution in [0, 0.1) is 5.92 Å². The lowest BCUT2D eigenvalue weighted by Crippen LogP contribution is -2.41. The Morgan fingerprint density at radius 2 is 2.26 bits per heavy atom. The van der Waals surface area contributed by atoms with Crippen LogP contribution >= 0.6 is 0 Å². The molecule has 104 valence electrons. The zero-order valence-electron chi connectivity index (χ0n) is 11.6. The number of aromatic nitrogens is 1. The number of pyridine rings is 1. The molecule has 1 aliphatic rings. The van der Waals surface area contributed by atoms with E-state index in [0.29, 0.717) is 5.92 Å². The highest BCUT2D eigenvalue weighted by Crippen LogP contribution is 2.14. The minimum atomic E-state index is 0.134. The second-order valence-corrected chi connectivity index (χ2v) is 5.20. The van der Waals surface area contributed by atoms with Crippen molar-refractivity contribution in [2.45, 2.75) is 26.2 Å². The molecule has 1 fully saturated rings. The van der Waals surface area contributed by atoms with Crippen LogP contribution in [0.15, 0.2) is 24.5 Å². The lowest BCUT2D eigenvalue weighted by Gasteiger charge is -2.30. The smallest absolute Gasteiger partial charge is 0.253 e. The summed E-state index contributed by atoms with van der Waals surface area (Å²) in [6.45, 7) is 5.96. The third-order valence-corrected chi connectivity index (χ3v) is 3.59. The van der Waals surface area contributed by atoms with E-state index in [0.717, 1.165) is 38.2 Å². The molecule has 1 saturated heterocycles. The molecule has 2 rings (SSSR count). The Bertz CT molecular complexity index is 388. The summed E-state index contributed by atoms with van der Waals surface area (Å²) >= 11 is 0. The van der Waals surface area contributed by atoms with Gasteiger partial charge in [-0.05, 0) is 50.4 Å². The molecule has 1 atom stereocenters. The van der Waals surface area contributed by atoms with Gasteiger partial charge in [0.1, 0.15) is 0 Å². The number of carbonyl (C=O) groups excluding carboxylic acids is 1. The Hall–Kier alpha value is -1.42. The quantitative estimate of drug-likeness (QED) is 0.881. The Kier molecular flexibility index (Phi) is 5.33. The summed E-state index contributed by atoms with van der Waals surface area (Å²) in [6.07, 6.45) is 6.79. The molecule has 0 aromatic carbocycles. The van der Waals surface area contributed by atoms with Gasteiger partial charge in [-0.25, -0.2) is 0 Å². The van der Waals surface area contributed by atoms with Crippen molar-refractivity contribution in [1.82, 2.24) is 15.2 Å². The molecule has 0 radical (unpaired) electrons. The fourth-order valence-electron chi connectivity index (χ4n) is 2.61. The predicted octanol–water partition coefficient (Wildman–Crippen LogP) is 1.93. The van der Waals surface area contributed by atoms with Crippen LogP contribution in [0.4, 0.5) is 0 Å². The summed E-state index contributed by atoms with van der Waals surface area (Å²) in [5.41, 5.74) is 0.743. The largest absolute Gasteiger partial charge is 0.338 e. The molecule has 1 unspecified atom stereocenters. The van der Waals surface area contributed by atoms with Crippen molar-refractivity contribution in [2.24, 2.45) is 5.92 Å². The predicted molar refractivity (Wildman–Crippen MR) is 76.0 cm³/mol. The summed E-state index contributed by atoms with van der Waals surface area (Å²) in [7, 11) is 0. The van der Waals surface area contributed by atoms with Gasteiger partial charge < -0.3 is 10.2 Å². The SMILES string of the molecule is CCCN(CC1CCCNC1)C(=O)c1ccncc1. The van der Waals surface area contributed by atoms with E-state index in [9.17, 15) is 4.79 Å². The molecule has 4 nitrogen and oxygen atoms in total. The lowest BCUT2D eigenvalue weighted by atomic mass is 9.98. The van der Waals surface area contributed by atoms with Crippen molar-refractivity contribution in [3.05, 3.63) is 30.1 Å². The molecule has 0 bridgehead atoms. The summed E-state index contributed by atoms with van der Waals surface area (Å²) in [5.74, 6) is 0.723. The second-order valence-electron chi connectivity index (χ2n) is 5.20. The fourth-order valence-corrected chi connectivity index (χ4v) is 2.61. The molecular formula is C15H23N3O. The van der Waals surface area contributed by atoms with Crippen molar-refractivity contribution < 1.29 is 4.79 Å². The summed E-state index contributed by atoms with van der Waals surface area (Å²) in [5, 5.41) is 3.41. The van der Waals surface area contributed by atoms with Gasteiger partial charge in [0.25, 0.3) is 5.91 Å². The van der Waals surface area contributed by atoms with E-state index in [2.05, 4.69) is 17.2 Å². The molecule has 0 aliphatic carbocycles. The van der Waals surface area contributed by atoms with Crippen molar-refractivity contribution >= 4 is 5.91 Å². The van der Waals surface area contributed by atoms with E-state index in [1.165, 1.54) is 12.8 Å². The van der Waals surface area contributed by atoms with Gasteiger partial charge in [-0.15, -0.1) is 0 Å². The average molecular weight is 261 g/mol. The Morgan fingerprint density at radius 1 is 1.47 bits per heavy atom. The minimum Gasteiger partial charge on any atom is -0.338 e. The van der Waals surface area contributed by atoms with Crippen LogP contribution in [0.5, 0.6) is 0 Å². The van der Waals surface area contributed by atoms with Crippen LogP contribution in [0.1, 0.15) is 36.5 Å². The highest BCUT2D eigenvalue weighted by molar-refractivity contribution is 5.94. The molecule has 4 heteroatoms. The van der Waals surface area contributed by atoms with E-state index in [1.54, 1.807) is 24.5 Å². The summed E-state index contributed by atoms with van der Waals surface area (Å²) < 4.78 is 0. The number of piperidine rings is 1. The second kappa shape index (κ2) is 7.24. The molecule has 1 aromatic rings. The monoisotopic (exact) mass is 261 g/mol. The van der Waals surface area contributed by atoms with Crippen LogP contribution in [-0.2, 0) is 0 Å². The van der Waals surface area contributed by atoms with E-state index >= 15 is 0 Å². The Balaban J connectivity index is 2.00. The van der Waals surface area contributed by atoms with Gasteiger partial charge in [-0.1, -0.05) is 6.92 Å². The van der Waals surface area contributed by atoms with Crippen molar-refractivity contribution in [1.29, 1.82) is 0 Å². The first-order valence-electron chi connectivity index (χ1n) is 7.21. The van der Waals surface area contributed by atoms with Gasteiger partial charge in [0, 0.05) is 31.0 Å². The molecule has 1 amide bonds. The van der Waals surface area contributed by atoms with Crippen molar-refractivity contribution in [3.63, 3.8) is 0 Å². The lowest BCUT2D eigenvalue weighted by molar-refractivity contribution is 0.0718. The number of nitrogens with zero attached hydrogens (tertiary/aromatic N) is 2. The number of nitrogens with one attached hydrogen (secondary N) is 1. The number of rotatable bonds is 5. The van der Waals surface area contributed by atoms with E-state index in [1.807, 2.05) is 4.90 Å². The van der Waals surface area contributed by atoms with E-state index in [4.69, 9.17) is 0 Å². The topological polar surface area (TPSA) is 45.2 Å².